The fourth-order valence-corrected chi connectivity index (χ4v) is 1.76. The molecular weight excluding hydrogens is 270 g/mol. The van der Waals surface area contributed by atoms with E-state index in [-0.39, 0.29) is 25.5 Å². The van der Waals surface area contributed by atoms with E-state index in [0.717, 1.165) is 16.9 Å². The van der Waals surface area contributed by atoms with E-state index in [2.05, 4.69) is 5.32 Å². The molecule has 1 amide bonds. The van der Waals surface area contributed by atoms with E-state index in [4.69, 9.17) is 9.84 Å². The third-order valence-electron chi connectivity index (χ3n) is 3.29. The van der Waals surface area contributed by atoms with Crippen LogP contribution in [0.4, 0.5) is 0 Å². The zero-order valence-corrected chi connectivity index (χ0v) is 13.0. The van der Waals surface area contributed by atoms with Crippen LogP contribution in [-0.2, 0) is 9.59 Å². The van der Waals surface area contributed by atoms with Gasteiger partial charge in [-0.2, -0.15) is 0 Å². The molecule has 0 atom stereocenters. The number of aliphatic carboxylic acids is 1. The number of carboxylic acids is 1. The monoisotopic (exact) mass is 293 g/mol. The minimum atomic E-state index is -0.969. The molecule has 2 N–H and O–H groups in total. The molecule has 116 valence electrons. The summed E-state index contributed by atoms with van der Waals surface area (Å²) >= 11 is 0. The summed E-state index contributed by atoms with van der Waals surface area (Å²) < 4.78 is 5.64. The SMILES string of the molecule is Cc1cccc(C)c1OCCC(=O)NCC(C)(C)C(=O)O. The fraction of sp³-hybridized carbons (Fsp3) is 0.500. The lowest BCUT2D eigenvalue weighted by molar-refractivity contribution is -0.146. The van der Waals surface area contributed by atoms with E-state index in [1.54, 1.807) is 13.8 Å². The predicted octanol–water partition coefficient (Wildman–Crippen LogP) is 2.30. The van der Waals surface area contributed by atoms with Crippen molar-refractivity contribution in [2.45, 2.75) is 34.1 Å². The molecule has 0 saturated heterocycles. The molecule has 1 rings (SSSR count). The smallest absolute Gasteiger partial charge is 0.310 e. The number of amides is 1. The van der Waals surface area contributed by atoms with Crippen LogP contribution in [-0.4, -0.2) is 30.1 Å². The van der Waals surface area contributed by atoms with Crippen molar-refractivity contribution in [1.29, 1.82) is 0 Å². The van der Waals surface area contributed by atoms with Crippen molar-refractivity contribution in [1.82, 2.24) is 5.32 Å². The maximum Gasteiger partial charge on any atom is 0.310 e. The standard InChI is InChI=1S/C16H23NO4/c1-11-6-5-7-12(2)14(11)21-9-8-13(18)17-10-16(3,4)15(19)20/h5-7H,8-10H2,1-4H3,(H,17,18)(H,19,20). The minimum Gasteiger partial charge on any atom is -0.493 e. The molecular formula is C16H23NO4. The Morgan fingerprint density at radius 1 is 1.24 bits per heavy atom. The third-order valence-corrected chi connectivity index (χ3v) is 3.29. The summed E-state index contributed by atoms with van der Waals surface area (Å²) in [6, 6.07) is 5.87. The molecule has 0 radical (unpaired) electrons. The largest absolute Gasteiger partial charge is 0.493 e. The topological polar surface area (TPSA) is 75.6 Å². The number of hydrogen-bond donors (Lipinski definition) is 2. The number of rotatable bonds is 7. The first-order chi connectivity index (χ1) is 9.74. The van der Waals surface area contributed by atoms with Crippen molar-refractivity contribution in [2.75, 3.05) is 13.2 Å². The van der Waals surface area contributed by atoms with Crippen LogP contribution in [0.25, 0.3) is 0 Å². The average molecular weight is 293 g/mol. The highest BCUT2D eigenvalue weighted by Gasteiger charge is 2.27. The Bertz CT molecular complexity index is 503. The van der Waals surface area contributed by atoms with Crippen LogP contribution < -0.4 is 10.1 Å². The van der Waals surface area contributed by atoms with E-state index in [0.29, 0.717) is 0 Å². The van der Waals surface area contributed by atoms with Gasteiger partial charge in [0.25, 0.3) is 0 Å². The van der Waals surface area contributed by atoms with Gasteiger partial charge in [-0.15, -0.1) is 0 Å². The molecule has 0 unspecified atom stereocenters. The Morgan fingerprint density at radius 2 is 1.81 bits per heavy atom. The molecule has 0 aliphatic carbocycles. The molecule has 1 aromatic rings. The molecule has 0 fully saturated rings. The number of carboxylic acid groups (broad SMARTS) is 1. The Morgan fingerprint density at radius 3 is 2.33 bits per heavy atom. The van der Waals surface area contributed by atoms with Gasteiger partial charge in [0.05, 0.1) is 18.4 Å². The van der Waals surface area contributed by atoms with Crippen LogP contribution in [0.5, 0.6) is 5.75 Å². The average Bonchev–Trinajstić information content (AvgIpc) is 2.40. The molecule has 0 aliphatic rings. The maximum absolute atomic E-state index is 11.7. The molecule has 0 aliphatic heterocycles. The number of benzene rings is 1. The zero-order chi connectivity index (χ0) is 16.0. The second-order valence-corrected chi connectivity index (χ2v) is 5.79. The molecule has 1 aromatic carbocycles. The predicted molar refractivity (Wildman–Crippen MR) is 80.5 cm³/mol. The first-order valence-corrected chi connectivity index (χ1v) is 6.93. The highest BCUT2D eigenvalue weighted by atomic mass is 16.5. The van der Waals surface area contributed by atoms with E-state index in [1.807, 2.05) is 32.0 Å². The summed E-state index contributed by atoms with van der Waals surface area (Å²) in [7, 11) is 0. The van der Waals surface area contributed by atoms with Crippen molar-refractivity contribution in [3.05, 3.63) is 29.3 Å². The molecule has 5 nitrogen and oxygen atoms in total. The first kappa shape index (κ1) is 17.0. The van der Waals surface area contributed by atoms with Gasteiger partial charge in [-0.1, -0.05) is 18.2 Å². The van der Waals surface area contributed by atoms with Gasteiger partial charge >= 0.3 is 5.97 Å². The molecule has 0 spiro atoms. The second kappa shape index (κ2) is 7.11. The summed E-state index contributed by atoms with van der Waals surface area (Å²) in [4.78, 5) is 22.6. The van der Waals surface area contributed by atoms with Gasteiger partial charge in [0.2, 0.25) is 5.91 Å². The lowest BCUT2D eigenvalue weighted by atomic mass is 9.94. The van der Waals surface area contributed by atoms with Gasteiger partial charge in [-0.3, -0.25) is 9.59 Å². The Hall–Kier alpha value is -2.04. The molecule has 0 aromatic heterocycles. The Labute approximate surface area is 125 Å². The van der Waals surface area contributed by atoms with Crippen molar-refractivity contribution in [3.8, 4) is 5.75 Å². The van der Waals surface area contributed by atoms with Gasteiger partial charge in [-0.25, -0.2) is 0 Å². The molecule has 0 heterocycles. The van der Waals surface area contributed by atoms with Gasteiger partial charge in [0.1, 0.15) is 5.75 Å². The number of aryl methyl sites for hydroxylation is 2. The first-order valence-electron chi connectivity index (χ1n) is 6.93. The molecule has 0 bridgehead atoms. The number of nitrogens with one attached hydrogen (secondary N) is 1. The van der Waals surface area contributed by atoms with Crippen molar-refractivity contribution < 1.29 is 19.4 Å². The van der Waals surface area contributed by atoms with Crippen LogP contribution in [0.1, 0.15) is 31.4 Å². The lowest BCUT2D eigenvalue weighted by Crippen LogP contribution is -2.39. The number of carbonyl (C=O) groups is 2. The summed E-state index contributed by atoms with van der Waals surface area (Å²) in [5.41, 5.74) is 1.09. The number of ether oxygens (including phenoxy) is 1. The number of hydrogen-bond acceptors (Lipinski definition) is 3. The second-order valence-electron chi connectivity index (χ2n) is 5.79. The van der Waals surface area contributed by atoms with Crippen LogP contribution in [0, 0.1) is 19.3 Å². The highest BCUT2D eigenvalue weighted by Crippen LogP contribution is 2.22. The van der Waals surface area contributed by atoms with Crippen LogP contribution in [0.3, 0.4) is 0 Å². The zero-order valence-electron chi connectivity index (χ0n) is 13.0. The van der Waals surface area contributed by atoms with E-state index in [9.17, 15) is 9.59 Å². The third kappa shape index (κ3) is 5.10. The van der Waals surface area contributed by atoms with E-state index in [1.165, 1.54) is 0 Å². The van der Waals surface area contributed by atoms with Crippen molar-refractivity contribution in [2.24, 2.45) is 5.41 Å². The minimum absolute atomic E-state index is 0.102. The highest BCUT2D eigenvalue weighted by molar-refractivity contribution is 5.78. The van der Waals surface area contributed by atoms with Gasteiger partial charge in [-0.05, 0) is 38.8 Å². The summed E-state index contributed by atoms with van der Waals surface area (Å²) in [6.07, 6.45) is 0.198. The summed E-state index contributed by atoms with van der Waals surface area (Å²) in [5, 5.41) is 11.6. The fourth-order valence-electron chi connectivity index (χ4n) is 1.76. The van der Waals surface area contributed by atoms with Crippen molar-refractivity contribution in [3.63, 3.8) is 0 Å². The Balaban J connectivity index is 2.39. The number of carbonyl (C=O) groups excluding carboxylic acids is 1. The van der Waals surface area contributed by atoms with Crippen LogP contribution >= 0.6 is 0 Å². The van der Waals surface area contributed by atoms with E-state index >= 15 is 0 Å². The molecule has 5 heteroatoms. The molecule has 0 saturated carbocycles. The van der Waals surface area contributed by atoms with Crippen LogP contribution in [0.15, 0.2) is 18.2 Å². The summed E-state index contributed by atoms with van der Waals surface area (Å²) in [5.74, 6) is -0.346. The summed E-state index contributed by atoms with van der Waals surface area (Å²) in [6.45, 7) is 7.43. The lowest BCUT2D eigenvalue weighted by Gasteiger charge is -2.19. The van der Waals surface area contributed by atoms with Crippen molar-refractivity contribution >= 4 is 11.9 Å². The van der Waals surface area contributed by atoms with Gasteiger partial charge < -0.3 is 15.2 Å². The van der Waals surface area contributed by atoms with Crippen LogP contribution in [0.2, 0.25) is 0 Å². The number of para-hydroxylation sites is 1. The van der Waals surface area contributed by atoms with Gasteiger partial charge in [0, 0.05) is 6.54 Å². The van der Waals surface area contributed by atoms with Gasteiger partial charge in [0.15, 0.2) is 0 Å². The Kier molecular flexibility index (Phi) is 5.76. The maximum atomic E-state index is 11.7. The van der Waals surface area contributed by atoms with E-state index < -0.39 is 11.4 Å². The molecule has 21 heavy (non-hydrogen) atoms. The normalized spacial score (nSPS) is 11.0. The quantitative estimate of drug-likeness (QED) is 0.809.